The van der Waals surface area contributed by atoms with Crippen molar-refractivity contribution in [1.82, 2.24) is 15.0 Å². The van der Waals surface area contributed by atoms with Gasteiger partial charge in [-0.3, -0.25) is 0 Å². The third-order valence-corrected chi connectivity index (χ3v) is 4.43. The highest BCUT2D eigenvalue weighted by Gasteiger charge is 2.17. The first kappa shape index (κ1) is 14.2. The zero-order valence-electron chi connectivity index (χ0n) is 11.8. The summed E-state index contributed by atoms with van der Waals surface area (Å²) in [6.07, 6.45) is 2.67. The first-order chi connectivity index (χ1) is 10.1. The minimum Gasteiger partial charge on any atom is -0.495 e. The number of benzene rings is 1. The van der Waals surface area contributed by atoms with Crippen molar-refractivity contribution >= 4 is 33.8 Å². The number of aromatic nitrogens is 3. The Kier molecular flexibility index (Phi) is 3.78. The average molecular weight is 319 g/mol. The Morgan fingerprint density at radius 3 is 2.76 bits per heavy atom. The molecule has 0 saturated carbocycles. The van der Waals surface area contributed by atoms with Crippen LogP contribution in [-0.2, 0) is 0 Å². The molecule has 4 nitrogen and oxygen atoms in total. The minimum atomic E-state index is 0.372. The van der Waals surface area contributed by atoms with Crippen LogP contribution in [0.25, 0.3) is 21.6 Å². The second-order valence-corrected chi connectivity index (χ2v) is 6.12. The maximum Gasteiger partial charge on any atom is 0.199 e. The normalized spacial score (nSPS) is 11.3. The maximum atomic E-state index is 6.42. The van der Waals surface area contributed by atoms with Gasteiger partial charge >= 0.3 is 0 Å². The molecule has 0 saturated heterocycles. The number of nitrogens with zero attached hydrogens (tertiary/aromatic N) is 3. The van der Waals surface area contributed by atoms with Crippen molar-refractivity contribution in [1.29, 1.82) is 0 Å². The molecular weight excluding hydrogens is 306 g/mol. The van der Waals surface area contributed by atoms with Crippen LogP contribution in [0.1, 0.15) is 25.5 Å². The number of halogens is 1. The molecule has 2 heterocycles. The van der Waals surface area contributed by atoms with Crippen LogP contribution >= 0.6 is 22.9 Å². The zero-order valence-corrected chi connectivity index (χ0v) is 13.4. The van der Waals surface area contributed by atoms with Crippen molar-refractivity contribution < 1.29 is 4.74 Å². The molecule has 3 aromatic rings. The van der Waals surface area contributed by atoms with Crippen molar-refractivity contribution in [3.8, 4) is 16.5 Å². The molecule has 0 aliphatic heterocycles. The second kappa shape index (κ2) is 5.58. The molecule has 0 fully saturated rings. The van der Waals surface area contributed by atoms with Crippen LogP contribution in [0.15, 0.2) is 17.5 Å². The van der Waals surface area contributed by atoms with E-state index in [0.717, 1.165) is 21.6 Å². The molecule has 2 aromatic heterocycles. The zero-order chi connectivity index (χ0) is 15.0. The number of rotatable bonds is 3. The Hall–Kier alpha value is -1.72. The fourth-order valence-electron chi connectivity index (χ4n) is 2.02. The Bertz CT molecular complexity index is 801. The highest BCUT2D eigenvalue weighted by atomic mass is 35.5. The molecule has 107 valence electrons. The van der Waals surface area contributed by atoms with E-state index in [4.69, 9.17) is 16.3 Å². The van der Waals surface area contributed by atoms with Gasteiger partial charge in [-0.1, -0.05) is 25.4 Å². The number of hydrogen-bond acceptors (Lipinski definition) is 5. The summed E-state index contributed by atoms with van der Waals surface area (Å²) in [4.78, 5) is 13.0. The van der Waals surface area contributed by atoms with E-state index in [-0.39, 0.29) is 0 Å². The quantitative estimate of drug-likeness (QED) is 0.720. The lowest BCUT2D eigenvalue weighted by molar-refractivity contribution is 0.415. The molecule has 1 aromatic carbocycles. The second-order valence-electron chi connectivity index (χ2n) is 4.88. The molecule has 0 aliphatic carbocycles. The average Bonchev–Trinajstić information content (AvgIpc) is 2.97. The van der Waals surface area contributed by atoms with E-state index in [1.807, 2.05) is 11.4 Å². The van der Waals surface area contributed by atoms with Crippen molar-refractivity contribution in [3.63, 3.8) is 0 Å². The fourth-order valence-corrected chi connectivity index (χ4v) is 3.32. The highest BCUT2D eigenvalue weighted by molar-refractivity contribution is 7.13. The third kappa shape index (κ3) is 2.47. The lowest BCUT2D eigenvalue weighted by atomic mass is 10.1. The van der Waals surface area contributed by atoms with E-state index in [1.54, 1.807) is 24.5 Å². The number of thiazole rings is 1. The molecule has 0 atom stereocenters. The Balaban J connectivity index is 2.26. The van der Waals surface area contributed by atoms with Crippen LogP contribution in [0.4, 0.5) is 0 Å². The summed E-state index contributed by atoms with van der Waals surface area (Å²) in [5.74, 6) is 0.970. The van der Waals surface area contributed by atoms with Crippen LogP contribution in [0.5, 0.6) is 5.75 Å². The van der Waals surface area contributed by atoms with Crippen LogP contribution in [0.3, 0.4) is 0 Å². The smallest absolute Gasteiger partial charge is 0.199 e. The lowest BCUT2D eigenvalue weighted by Gasteiger charge is -2.08. The highest BCUT2D eigenvalue weighted by Crippen LogP contribution is 2.38. The first-order valence-corrected chi connectivity index (χ1v) is 7.73. The summed E-state index contributed by atoms with van der Waals surface area (Å²) >= 11 is 7.97. The van der Waals surface area contributed by atoms with Crippen LogP contribution in [0, 0.1) is 6.33 Å². The van der Waals surface area contributed by atoms with Gasteiger partial charge in [0.2, 0.25) is 0 Å². The lowest BCUT2D eigenvalue weighted by Crippen LogP contribution is -1.93. The van der Waals surface area contributed by atoms with Crippen LogP contribution in [-0.4, -0.2) is 22.1 Å². The van der Waals surface area contributed by atoms with E-state index in [0.29, 0.717) is 22.4 Å². The standard InChI is InChI=1S/C15H13ClN3OS/c1-8(2)10-6-21-15(19-10)14-12-9(17-7-18-14)4-5-11(20-3)13(12)16/h4-6,8H,1-3H3. The van der Waals surface area contributed by atoms with Crippen molar-refractivity contribution in [2.45, 2.75) is 19.8 Å². The SMILES string of the molecule is COc1ccc2n[c]nc(-c3nc(C(C)C)cs3)c2c1Cl. The summed E-state index contributed by atoms with van der Waals surface area (Å²) in [5, 5.41) is 4.11. The molecule has 0 unspecified atom stereocenters. The van der Waals surface area contributed by atoms with Gasteiger partial charge in [0.25, 0.3) is 0 Å². The summed E-state index contributed by atoms with van der Waals surface area (Å²) in [7, 11) is 1.59. The Morgan fingerprint density at radius 1 is 1.29 bits per heavy atom. The molecule has 3 rings (SSSR count). The van der Waals surface area contributed by atoms with Crippen LogP contribution < -0.4 is 4.74 Å². The van der Waals surface area contributed by atoms with Gasteiger partial charge in [0.15, 0.2) is 6.33 Å². The van der Waals surface area contributed by atoms with E-state index in [9.17, 15) is 0 Å². The van der Waals surface area contributed by atoms with E-state index in [2.05, 4.69) is 35.1 Å². The van der Waals surface area contributed by atoms with Gasteiger partial charge < -0.3 is 4.74 Å². The van der Waals surface area contributed by atoms with Crippen molar-refractivity contribution in [2.75, 3.05) is 7.11 Å². The fraction of sp³-hybridized carbons (Fsp3) is 0.267. The maximum absolute atomic E-state index is 6.42. The molecule has 0 amide bonds. The van der Waals surface area contributed by atoms with E-state index in [1.165, 1.54) is 0 Å². The van der Waals surface area contributed by atoms with E-state index >= 15 is 0 Å². The molecule has 21 heavy (non-hydrogen) atoms. The van der Waals surface area contributed by atoms with Gasteiger partial charge in [-0.25, -0.2) is 15.0 Å². The molecule has 0 bridgehead atoms. The summed E-state index contributed by atoms with van der Waals surface area (Å²) in [6.45, 7) is 4.22. The van der Waals surface area contributed by atoms with Gasteiger partial charge in [-0.05, 0) is 18.1 Å². The van der Waals surface area contributed by atoms with Crippen LogP contribution in [0.2, 0.25) is 5.02 Å². The third-order valence-electron chi connectivity index (χ3n) is 3.19. The molecule has 0 aliphatic rings. The molecule has 6 heteroatoms. The van der Waals surface area contributed by atoms with Gasteiger partial charge in [0.1, 0.15) is 16.5 Å². The molecule has 0 spiro atoms. The summed E-state index contributed by atoms with van der Waals surface area (Å²) in [6, 6.07) is 3.63. The van der Waals surface area contributed by atoms with Gasteiger partial charge in [0, 0.05) is 5.38 Å². The number of methoxy groups -OCH3 is 1. The Morgan fingerprint density at radius 2 is 2.10 bits per heavy atom. The predicted octanol–water partition coefficient (Wildman–Crippen LogP) is 4.34. The monoisotopic (exact) mass is 318 g/mol. The van der Waals surface area contributed by atoms with E-state index < -0.39 is 0 Å². The number of ether oxygens (including phenoxy) is 1. The first-order valence-electron chi connectivity index (χ1n) is 6.48. The van der Waals surface area contributed by atoms with Gasteiger partial charge in [-0.2, -0.15) is 0 Å². The topological polar surface area (TPSA) is 47.9 Å². The predicted molar refractivity (Wildman–Crippen MR) is 85.1 cm³/mol. The van der Waals surface area contributed by atoms with Crippen molar-refractivity contribution in [3.05, 3.63) is 34.6 Å². The van der Waals surface area contributed by atoms with Crippen molar-refractivity contribution in [2.24, 2.45) is 0 Å². The minimum absolute atomic E-state index is 0.372. The number of fused-ring (bicyclic) bond motifs is 1. The summed E-state index contributed by atoms with van der Waals surface area (Å²) < 4.78 is 5.27. The molecule has 1 radical (unpaired) electrons. The molecular formula is C15H13ClN3OS. The Labute approximate surface area is 131 Å². The molecule has 0 N–H and O–H groups in total. The summed E-state index contributed by atoms with van der Waals surface area (Å²) in [5.41, 5.74) is 2.47. The van der Waals surface area contributed by atoms with Gasteiger partial charge in [-0.15, -0.1) is 11.3 Å². The largest absolute Gasteiger partial charge is 0.495 e. The van der Waals surface area contributed by atoms with Gasteiger partial charge in [0.05, 0.1) is 28.7 Å². The number of hydrogen-bond donors (Lipinski definition) is 0.